The van der Waals surface area contributed by atoms with Crippen LogP contribution in [0.1, 0.15) is 46.0 Å². The van der Waals surface area contributed by atoms with Crippen molar-refractivity contribution in [1.29, 1.82) is 0 Å². The highest BCUT2D eigenvalue weighted by atomic mass is 19.3. The first-order valence-corrected chi connectivity index (χ1v) is 7.84. The van der Waals surface area contributed by atoms with Crippen LogP contribution in [0.2, 0.25) is 0 Å². The van der Waals surface area contributed by atoms with E-state index in [1.54, 1.807) is 0 Å². The zero-order valence-electron chi connectivity index (χ0n) is 12.2. The normalized spacial score (nSPS) is 30.8. The number of nitrogens with one attached hydrogen (secondary N) is 1. The molecule has 0 radical (unpaired) electrons. The molecule has 0 amide bonds. The van der Waals surface area contributed by atoms with Gasteiger partial charge in [0.2, 0.25) is 0 Å². The van der Waals surface area contributed by atoms with E-state index in [0.29, 0.717) is 12.0 Å². The highest BCUT2D eigenvalue weighted by molar-refractivity contribution is 4.88. The lowest BCUT2D eigenvalue weighted by molar-refractivity contribution is 0.0821. The van der Waals surface area contributed by atoms with Gasteiger partial charge >= 0.3 is 0 Å². The lowest BCUT2D eigenvalue weighted by atomic mass is 9.88. The van der Waals surface area contributed by atoms with Crippen molar-refractivity contribution in [1.82, 2.24) is 10.2 Å². The van der Waals surface area contributed by atoms with E-state index in [2.05, 4.69) is 24.1 Å². The Bertz CT molecular complexity index is 269. The van der Waals surface area contributed by atoms with Gasteiger partial charge < -0.3 is 5.32 Å². The van der Waals surface area contributed by atoms with Gasteiger partial charge in [0.05, 0.1) is 6.54 Å². The van der Waals surface area contributed by atoms with Crippen molar-refractivity contribution in [2.45, 2.75) is 64.5 Å². The summed E-state index contributed by atoms with van der Waals surface area (Å²) in [6.07, 6.45) is 4.05. The van der Waals surface area contributed by atoms with Crippen molar-refractivity contribution in [3.05, 3.63) is 0 Å². The molecule has 2 nitrogen and oxygen atoms in total. The molecular formula is C15H28F2N2. The van der Waals surface area contributed by atoms with Gasteiger partial charge in [0.15, 0.2) is 0 Å². The molecule has 1 heterocycles. The molecule has 112 valence electrons. The predicted octanol–water partition coefficient (Wildman–Crippen LogP) is 3.13. The number of rotatable bonds is 7. The highest BCUT2D eigenvalue weighted by Gasteiger charge is 2.33. The Morgan fingerprint density at radius 2 is 1.95 bits per heavy atom. The largest absolute Gasteiger partial charge is 0.307 e. The van der Waals surface area contributed by atoms with Crippen LogP contribution < -0.4 is 5.32 Å². The number of likely N-dealkylation sites (tertiary alicyclic amines) is 1. The average molecular weight is 274 g/mol. The fourth-order valence-electron chi connectivity index (χ4n) is 3.26. The van der Waals surface area contributed by atoms with Crippen molar-refractivity contribution >= 4 is 0 Å². The minimum atomic E-state index is -2.24. The molecule has 0 bridgehead atoms. The van der Waals surface area contributed by atoms with E-state index in [9.17, 15) is 8.78 Å². The topological polar surface area (TPSA) is 15.3 Å². The van der Waals surface area contributed by atoms with Crippen molar-refractivity contribution in [3.8, 4) is 0 Å². The van der Waals surface area contributed by atoms with Crippen molar-refractivity contribution in [2.24, 2.45) is 11.8 Å². The summed E-state index contributed by atoms with van der Waals surface area (Å²) < 4.78 is 24.7. The van der Waals surface area contributed by atoms with Gasteiger partial charge in [0.1, 0.15) is 0 Å². The zero-order chi connectivity index (χ0) is 13.8. The standard InChI is InChI=1S/C15H28F2N2/c1-3-11(2)19-9-13(6-12-4-5-12)7-14(10-19)18-8-15(16)17/h11-15,18H,3-10H2,1-2H3. The molecule has 1 N–H and O–H groups in total. The Morgan fingerprint density at radius 3 is 2.53 bits per heavy atom. The Hall–Kier alpha value is -0.220. The Kier molecular flexibility index (Phi) is 5.58. The Balaban J connectivity index is 1.86. The van der Waals surface area contributed by atoms with Crippen LogP contribution in [0.3, 0.4) is 0 Å². The summed E-state index contributed by atoms with van der Waals surface area (Å²) in [5.74, 6) is 1.63. The fraction of sp³-hybridized carbons (Fsp3) is 1.00. The van der Waals surface area contributed by atoms with E-state index in [1.807, 2.05) is 0 Å². The lowest BCUT2D eigenvalue weighted by Crippen LogP contribution is -2.52. The van der Waals surface area contributed by atoms with Crippen LogP contribution in [-0.4, -0.2) is 43.0 Å². The maximum Gasteiger partial charge on any atom is 0.250 e. The van der Waals surface area contributed by atoms with Gasteiger partial charge in [0.25, 0.3) is 6.43 Å². The van der Waals surface area contributed by atoms with Crippen molar-refractivity contribution in [2.75, 3.05) is 19.6 Å². The Morgan fingerprint density at radius 1 is 1.21 bits per heavy atom. The van der Waals surface area contributed by atoms with Crippen LogP contribution in [0.5, 0.6) is 0 Å². The van der Waals surface area contributed by atoms with Gasteiger partial charge in [-0.2, -0.15) is 0 Å². The average Bonchev–Trinajstić information content (AvgIpc) is 3.19. The molecule has 2 fully saturated rings. The highest BCUT2D eigenvalue weighted by Crippen LogP contribution is 2.38. The first kappa shape index (κ1) is 15.2. The molecule has 0 spiro atoms. The fourth-order valence-corrected chi connectivity index (χ4v) is 3.26. The van der Waals surface area contributed by atoms with Crippen molar-refractivity contribution in [3.63, 3.8) is 0 Å². The van der Waals surface area contributed by atoms with E-state index in [1.165, 1.54) is 25.8 Å². The Labute approximate surface area is 115 Å². The summed E-state index contributed by atoms with van der Waals surface area (Å²) in [6.45, 7) is 6.40. The summed E-state index contributed by atoms with van der Waals surface area (Å²) in [4.78, 5) is 2.50. The molecule has 0 aromatic rings. The second-order valence-electron chi connectivity index (χ2n) is 6.49. The number of hydrogen-bond donors (Lipinski definition) is 1. The molecule has 19 heavy (non-hydrogen) atoms. The molecule has 2 rings (SSSR count). The molecule has 0 aromatic carbocycles. The van der Waals surface area contributed by atoms with Gasteiger partial charge in [-0.3, -0.25) is 4.90 Å². The smallest absolute Gasteiger partial charge is 0.250 e. The van der Waals surface area contributed by atoms with E-state index in [4.69, 9.17) is 0 Å². The summed E-state index contributed by atoms with van der Waals surface area (Å²) in [5.41, 5.74) is 0. The van der Waals surface area contributed by atoms with E-state index < -0.39 is 6.43 Å². The molecule has 1 saturated heterocycles. The maximum atomic E-state index is 12.4. The summed E-state index contributed by atoms with van der Waals surface area (Å²) >= 11 is 0. The second kappa shape index (κ2) is 6.98. The molecular weight excluding hydrogens is 246 g/mol. The van der Waals surface area contributed by atoms with Crippen LogP contribution in [-0.2, 0) is 0 Å². The van der Waals surface area contributed by atoms with Gasteiger partial charge in [-0.25, -0.2) is 8.78 Å². The molecule has 1 aliphatic heterocycles. The summed E-state index contributed by atoms with van der Waals surface area (Å²) in [6, 6.07) is 0.818. The van der Waals surface area contributed by atoms with Crippen LogP contribution >= 0.6 is 0 Å². The number of hydrogen-bond acceptors (Lipinski definition) is 2. The third kappa shape index (κ3) is 4.99. The molecule has 1 saturated carbocycles. The summed E-state index contributed by atoms with van der Waals surface area (Å²) in [5, 5.41) is 3.06. The lowest BCUT2D eigenvalue weighted by Gasteiger charge is -2.41. The molecule has 1 aliphatic carbocycles. The van der Waals surface area contributed by atoms with Crippen LogP contribution in [0.15, 0.2) is 0 Å². The third-order valence-electron chi connectivity index (χ3n) is 4.70. The minimum absolute atomic E-state index is 0.158. The van der Waals surface area contributed by atoms with Gasteiger partial charge in [0, 0.05) is 25.2 Å². The molecule has 2 aliphatic rings. The quantitative estimate of drug-likeness (QED) is 0.767. The third-order valence-corrected chi connectivity index (χ3v) is 4.70. The van der Waals surface area contributed by atoms with E-state index in [-0.39, 0.29) is 12.6 Å². The SMILES string of the molecule is CCC(C)N1CC(CC2CC2)CC(NCC(F)F)C1. The van der Waals surface area contributed by atoms with Crippen LogP contribution in [0, 0.1) is 11.8 Å². The monoisotopic (exact) mass is 274 g/mol. The van der Waals surface area contributed by atoms with Crippen LogP contribution in [0.4, 0.5) is 8.78 Å². The number of alkyl halides is 2. The molecule has 3 atom stereocenters. The van der Waals surface area contributed by atoms with Crippen molar-refractivity contribution < 1.29 is 8.78 Å². The predicted molar refractivity (Wildman–Crippen MR) is 74.6 cm³/mol. The van der Waals surface area contributed by atoms with E-state index >= 15 is 0 Å². The number of piperidine rings is 1. The molecule has 3 unspecified atom stereocenters. The van der Waals surface area contributed by atoms with Crippen LogP contribution in [0.25, 0.3) is 0 Å². The van der Waals surface area contributed by atoms with Gasteiger partial charge in [-0.1, -0.05) is 19.8 Å². The molecule has 0 aromatic heterocycles. The van der Waals surface area contributed by atoms with Gasteiger partial charge in [-0.15, -0.1) is 0 Å². The second-order valence-corrected chi connectivity index (χ2v) is 6.49. The number of nitrogens with zero attached hydrogens (tertiary/aromatic N) is 1. The molecule has 4 heteroatoms. The number of halogens is 2. The maximum absolute atomic E-state index is 12.4. The van der Waals surface area contributed by atoms with E-state index in [0.717, 1.165) is 25.3 Å². The zero-order valence-corrected chi connectivity index (χ0v) is 12.2. The van der Waals surface area contributed by atoms with Gasteiger partial charge in [-0.05, 0) is 38.0 Å². The minimum Gasteiger partial charge on any atom is -0.307 e. The first-order valence-electron chi connectivity index (χ1n) is 7.84. The summed E-state index contributed by atoms with van der Waals surface area (Å²) in [7, 11) is 0. The first-order chi connectivity index (χ1) is 9.08.